The average molecular weight is 352 g/mol. The SMILES string of the molecule is O=C(/C=C/c1ccc2ccccc2n1)OCC(=O)N1CCCCCCC1. The standard InChI is InChI=1S/C21H24N2O3/c24-20(23-14-6-2-1-3-7-15-23)16-26-21(25)13-12-18-11-10-17-8-4-5-9-19(17)22-18/h4-5,8-13H,1-3,6-7,14-16H2/b13-12+. The van der Waals surface area contributed by atoms with Crippen LogP contribution in [0.5, 0.6) is 0 Å². The Hall–Kier alpha value is -2.69. The fraction of sp³-hybridized carbons (Fsp3) is 0.381. The minimum atomic E-state index is -0.527. The van der Waals surface area contributed by atoms with Crippen LogP contribution in [0.4, 0.5) is 0 Å². The Bertz CT molecular complexity index is 793. The van der Waals surface area contributed by atoms with Crippen LogP contribution in [0.15, 0.2) is 42.5 Å². The van der Waals surface area contributed by atoms with Crippen LogP contribution in [-0.4, -0.2) is 41.5 Å². The van der Waals surface area contributed by atoms with Crippen molar-refractivity contribution in [3.8, 4) is 0 Å². The highest BCUT2D eigenvalue weighted by Crippen LogP contribution is 2.13. The molecule has 0 aliphatic carbocycles. The number of ether oxygens (including phenoxy) is 1. The van der Waals surface area contributed by atoms with Crippen LogP contribution < -0.4 is 0 Å². The molecule has 5 nitrogen and oxygen atoms in total. The van der Waals surface area contributed by atoms with Crippen LogP contribution in [0.25, 0.3) is 17.0 Å². The van der Waals surface area contributed by atoms with Crippen LogP contribution in [0.1, 0.15) is 37.8 Å². The second-order valence-electron chi connectivity index (χ2n) is 6.52. The van der Waals surface area contributed by atoms with Crippen molar-refractivity contribution in [2.75, 3.05) is 19.7 Å². The Morgan fingerprint density at radius 2 is 1.73 bits per heavy atom. The van der Waals surface area contributed by atoms with Gasteiger partial charge in [-0.15, -0.1) is 0 Å². The minimum Gasteiger partial charge on any atom is -0.452 e. The first-order valence-corrected chi connectivity index (χ1v) is 9.21. The highest BCUT2D eigenvalue weighted by atomic mass is 16.5. The van der Waals surface area contributed by atoms with Crippen LogP contribution >= 0.6 is 0 Å². The van der Waals surface area contributed by atoms with E-state index in [4.69, 9.17) is 4.74 Å². The van der Waals surface area contributed by atoms with Crippen molar-refractivity contribution >= 4 is 28.9 Å². The maximum absolute atomic E-state index is 12.2. The number of carbonyl (C=O) groups excluding carboxylic acids is 2. The number of hydrogen-bond donors (Lipinski definition) is 0. The summed E-state index contributed by atoms with van der Waals surface area (Å²) in [7, 11) is 0. The van der Waals surface area contributed by atoms with Gasteiger partial charge in [0.1, 0.15) is 0 Å². The van der Waals surface area contributed by atoms with Gasteiger partial charge in [0.25, 0.3) is 5.91 Å². The molecule has 0 atom stereocenters. The molecule has 1 aromatic carbocycles. The third-order valence-corrected chi connectivity index (χ3v) is 4.56. The van der Waals surface area contributed by atoms with E-state index in [0.717, 1.165) is 49.7 Å². The van der Waals surface area contributed by atoms with Gasteiger partial charge in [-0.25, -0.2) is 9.78 Å². The van der Waals surface area contributed by atoms with Gasteiger partial charge in [0.2, 0.25) is 0 Å². The lowest BCUT2D eigenvalue weighted by Crippen LogP contribution is -2.36. The number of esters is 1. The smallest absolute Gasteiger partial charge is 0.331 e. The van der Waals surface area contributed by atoms with Gasteiger partial charge < -0.3 is 9.64 Å². The number of fused-ring (bicyclic) bond motifs is 1. The van der Waals surface area contributed by atoms with E-state index in [-0.39, 0.29) is 12.5 Å². The summed E-state index contributed by atoms with van der Waals surface area (Å²) < 4.78 is 5.09. The maximum atomic E-state index is 12.2. The topological polar surface area (TPSA) is 59.5 Å². The lowest BCUT2D eigenvalue weighted by Gasteiger charge is -2.24. The third-order valence-electron chi connectivity index (χ3n) is 4.56. The summed E-state index contributed by atoms with van der Waals surface area (Å²) in [5.41, 5.74) is 1.55. The van der Waals surface area contributed by atoms with Crippen molar-refractivity contribution < 1.29 is 14.3 Å². The number of nitrogens with zero attached hydrogens (tertiary/aromatic N) is 2. The highest BCUT2D eigenvalue weighted by molar-refractivity contribution is 5.89. The first-order valence-electron chi connectivity index (χ1n) is 9.21. The number of benzene rings is 1. The molecule has 26 heavy (non-hydrogen) atoms. The molecule has 1 aliphatic heterocycles. The summed E-state index contributed by atoms with van der Waals surface area (Å²) in [6, 6.07) is 11.6. The number of amides is 1. The van der Waals surface area contributed by atoms with E-state index >= 15 is 0 Å². The minimum absolute atomic E-state index is 0.113. The molecule has 1 aromatic heterocycles. The summed E-state index contributed by atoms with van der Waals surface area (Å²) in [5.74, 6) is -0.641. The molecular weight excluding hydrogens is 328 g/mol. The van der Waals surface area contributed by atoms with Crippen molar-refractivity contribution in [2.45, 2.75) is 32.1 Å². The second kappa shape index (κ2) is 9.13. The van der Waals surface area contributed by atoms with Crippen LogP contribution in [-0.2, 0) is 14.3 Å². The van der Waals surface area contributed by atoms with Crippen molar-refractivity contribution in [1.82, 2.24) is 9.88 Å². The zero-order chi connectivity index (χ0) is 18.2. The van der Waals surface area contributed by atoms with E-state index in [1.165, 1.54) is 12.5 Å². The van der Waals surface area contributed by atoms with Crippen LogP contribution in [0, 0.1) is 0 Å². The monoisotopic (exact) mass is 352 g/mol. The predicted octanol–water partition coefficient (Wildman–Crippen LogP) is 3.58. The molecule has 3 rings (SSSR count). The molecule has 2 aromatic rings. The third kappa shape index (κ3) is 5.15. The first kappa shape index (κ1) is 18.1. The molecule has 136 valence electrons. The van der Waals surface area contributed by atoms with Gasteiger partial charge in [0.05, 0.1) is 11.2 Å². The Balaban J connectivity index is 1.50. The highest BCUT2D eigenvalue weighted by Gasteiger charge is 2.15. The molecule has 0 bridgehead atoms. The van der Waals surface area contributed by atoms with Crippen LogP contribution in [0.3, 0.4) is 0 Å². The predicted molar refractivity (Wildman–Crippen MR) is 101 cm³/mol. The number of hydrogen-bond acceptors (Lipinski definition) is 4. The summed E-state index contributed by atoms with van der Waals surface area (Å²) in [6.45, 7) is 1.31. The van der Waals surface area contributed by atoms with E-state index in [1.807, 2.05) is 36.4 Å². The summed E-state index contributed by atoms with van der Waals surface area (Å²) in [5, 5.41) is 1.05. The van der Waals surface area contributed by atoms with Crippen molar-refractivity contribution in [2.24, 2.45) is 0 Å². The number of carbonyl (C=O) groups is 2. The van der Waals surface area contributed by atoms with Crippen molar-refractivity contribution in [3.63, 3.8) is 0 Å². The van der Waals surface area contributed by atoms with Crippen molar-refractivity contribution in [3.05, 3.63) is 48.2 Å². The van der Waals surface area contributed by atoms with Crippen molar-refractivity contribution in [1.29, 1.82) is 0 Å². The quantitative estimate of drug-likeness (QED) is 0.623. The molecule has 5 heteroatoms. The van der Waals surface area contributed by atoms with Gasteiger partial charge in [-0.05, 0) is 31.1 Å². The Kier molecular flexibility index (Phi) is 6.36. The molecule has 0 N–H and O–H groups in total. The van der Waals surface area contributed by atoms with E-state index in [9.17, 15) is 9.59 Å². The zero-order valence-corrected chi connectivity index (χ0v) is 14.9. The molecule has 1 saturated heterocycles. The lowest BCUT2D eigenvalue weighted by molar-refractivity contribution is -0.148. The van der Waals surface area contributed by atoms with Crippen LogP contribution in [0.2, 0.25) is 0 Å². The van der Waals surface area contributed by atoms with E-state index in [2.05, 4.69) is 4.98 Å². The Labute approximate surface area is 153 Å². The number of aromatic nitrogens is 1. The lowest BCUT2D eigenvalue weighted by atomic mass is 10.1. The molecule has 0 unspecified atom stereocenters. The molecule has 1 fully saturated rings. The summed E-state index contributed by atoms with van der Waals surface area (Å²) in [4.78, 5) is 30.4. The normalized spacial score (nSPS) is 15.6. The van der Waals surface area contributed by atoms with E-state index in [0.29, 0.717) is 5.69 Å². The van der Waals surface area contributed by atoms with Gasteiger partial charge in [0.15, 0.2) is 6.61 Å². The molecule has 0 saturated carbocycles. The summed E-state index contributed by atoms with van der Waals surface area (Å²) >= 11 is 0. The fourth-order valence-corrected chi connectivity index (χ4v) is 3.10. The van der Waals surface area contributed by atoms with Gasteiger partial charge in [-0.1, -0.05) is 43.5 Å². The Morgan fingerprint density at radius 1 is 1.00 bits per heavy atom. The second-order valence-corrected chi connectivity index (χ2v) is 6.52. The number of para-hydroxylation sites is 1. The molecule has 2 heterocycles. The molecular formula is C21H24N2O3. The summed E-state index contributed by atoms with van der Waals surface area (Å²) in [6.07, 6.45) is 8.52. The number of pyridine rings is 1. The van der Waals surface area contributed by atoms with Gasteiger partial charge in [0, 0.05) is 24.6 Å². The van der Waals surface area contributed by atoms with Gasteiger partial charge in [-0.2, -0.15) is 0 Å². The van der Waals surface area contributed by atoms with Gasteiger partial charge in [-0.3, -0.25) is 4.79 Å². The first-order chi connectivity index (χ1) is 12.7. The maximum Gasteiger partial charge on any atom is 0.331 e. The average Bonchev–Trinajstić information content (AvgIpc) is 2.64. The fourth-order valence-electron chi connectivity index (χ4n) is 3.10. The largest absolute Gasteiger partial charge is 0.452 e. The molecule has 1 aliphatic rings. The molecule has 1 amide bonds. The molecule has 0 radical (unpaired) electrons. The zero-order valence-electron chi connectivity index (χ0n) is 14.9. The molecule has 0 spiro atoms. The number of rotatable bonds is 4. The van der Waals surface area contributed by atoms with E-state index in [1.54, 1.807) is 11.0 Å². The van der Waals surface area contributed by atoms with Gasteiger partial charge >= 0.3 is 5.97 Å². The Morgan fingerprint density at radius 3 is 2.54 bits per heavy atom. The van der Waals surface area contributed by atoms with E-state index < -0.39 is 5.97 Å². The number of likely N-dealkylation sites (tertiary alicyclic amines) is 1.